The summed E-state index contributed by atoms with van der Waals surface area (Å²) in [5, 5.41) is 9.47. The first-order valence-corrected chi connectivity index (χ1v) is 20.8. The lowest BCUT2D eigenvalue weighted by atomic mass is 9.89. The summed E-state index contributed by atoms with van der Waals surface area (Å²) >= 11 is 0. The van der Waals surface area contributed by atoms with Crippen LogP contribution < -0.4 is 5.73 Å². The molecule has 2 aliphatic rings. The Balaban J connectivity index is 2.12. The average Bonchev–Trinajstić information content (AvgIpc) is 3.39. The molecule has 0 aliphatic carbocycles. The van der Waals surface area contributed by atoms with Crippen LogP contribution in [0.3, 0.4) is 0 Å². The number of unbranched alkanes of at least 4 members (excludes halogenated alkanes) is 1. The average molecular weight is 589 g/mol. The molecule has 1 saturated heterocycles. The van der Waals surface area contributed by atoms with E-state index in [-0.39, 0.29) is 22.4 Å². The van der Waals surface area contributed by atoms with E-state index in [4.69, 9.17) is 23.5 Å². The van der Waals surface area contributed by atoms with Crippen molar-refractivity contribution in [1.29, 1.82) is 0 Å². The van der Waals surface area contributed by atoms with Crippen LogP contribution in [0.1, 0.15) is 73.2 Å². The molecule has 38 heavy (non-hydrogen) atoms. The van der Waals surface area contributed by atoms with Gasteiger partial charge in [0.05, 0.1) is 29.6 Å². The van der Waals surface area contributed by atoms with Crippen LogP contribution in [0.2, 0.25) is 36.3 Å². The molecule has 3 rings (SSSR count). The van der Waals surface area contributed by atoms with Crippen molar-refractivity contribution in [2.75, 3.05) is 6.61 Å². The molecule has 2 aliphatic heterocycles. The number of ether oxygens (including phenoxy) is 1. The molecule has 2 N–H and O–H groups in total. The van der Waals surface area contributed by atoms with Crippen molar-refractivity contribution in [3.63, 3.8) is 0 Å². The highest BCUT2D eigenvalue weighted by atomic mass is 32.2. The van der Waals surface area contributed by atoms with Gasteiger partial charge in [0.25, 0.3) is 10.1 Å². The predicted molar refractivity (Wildman–Crippen MR) is 153 cm³/mol. The summed E-state index contributed by atoms with van der Waals surface area (Å²) < 4.78 is 53.2. The zero-order valence-electron chi connectivity index (χ0n) is 25.0. The molecule has 0 aromatic carbocycles. The van der Waals surface area contributed by atoms with E-state index in [1.165, 1.54) is 0 Å². The number of hydrogen-bond donors (Lipinski definition) is 1. The van der Waals surface area contributed by atoms with Gasteiger partial charge in [-0.2, -0.15) is 8.42 Å². The summed E-state index contributed by atoms with van der Waals surface area (Å²) in [5.74, 6) is 0. The Morgan fingerprint density at radius 3 is 2.21 bits per heavy atom. The molecule has 0 bridgehead atoms. The van der Waals surface area contributed by atoms with Gasteiger partial charge < -0.3 is 19.3 Å². The first-order valence-electron chi connectivity index (χ1n) is 13.5. The zero-order valence-corrected chi connectivity index (χ0v) is 27.8. The van der Waals surface area contributed by atoms with Gasteiger partial charge in [-0.25, -0.2) is 8.86 Å². The molecule has 10 nitrogen and oxygen atoms in total. The van der Waals surface area contributed by atoms with Gasteiger partial charge in [0.15, 0.2) is 28.5 Å². The Labute approximate surface area is 231 Å². The summed E-state index contributed by atoms with van der Waals surface area (Å²) in [7, 11) is -8.76. The zero-order chi connectivity index (χ0) is 28.9. The van der Waals surface area contributed by atoms with Crippen molar-refractivity contribution in [2.24, 2.45) is 5.73 Å². The van der Waals surface area contributed by atoms with Crippen molar-refractivity contribution in [1.82, 2.24) is 15.0 Å². The molecule has 1 aromatic heterocycles. The normalized spacial score (nSPS) is 28.3. The van der Waals surface area contributed by atoms with Crippen LogP contribution in [0.15, 0.2) is 17.3 Å². The van der Waals surface area contributed by atoms with E-state index in [1.807, 2.05) is 6.20 Å². The Kier molecular flexibility index (Phi) is 8.59. The largest absolute Gasteiger partial charge is 0.414 e. The number of aromatic nitrogens is 3. The third kappa shape index (κ3) is 5.98. The van der Waals surface area contributed by atoms with Crippen molar-refractivity contribution >= 4 is 26.8 Å². The second-order valence-electron chi connectivity index (χ2n) is 13.6. The maximum atomic E-state index is 12.8. The highest BCUT2D eigenvalue weighted by Gasteiger charge is 2.67. The lowest BCUT2D eigenvalue weighted by molar-refractivity contribution is -0.0595. The van der Waals surface area contributed by atoms with Crippen LogP contribution in [-0.2, 0) is 34.3 Å². The Morgan fingerprint density at radius 2 is 1.71 bits per heavy atom. The minimum Gasteiger partial charge on any atom is -0.414 e. The third-order valence-electron chi connectivity index (χ3n) is 8.67. The maximum absolute atomic E-state index is 12.8. The molecule has 0 amide bonds. The van der Waals surface area contributed by atoms with E-state index in [9.17, 15) is 8.42 Å². The van der Waals surface area contributed by atoms with Gasteiger partial charge in [0.2, 0.25) is 0 Å². The SMILES string of the molecule is CCCCc1cn(C2OC(CO[Si](C)(C)C(C)(C)C)C3(OS(=O)(=O)C=C3N)C2O[Si](C)(C)C(C)(C)C)nn1. The first-order chi connectivity index (χ1) is 17.2. The molecule has 4 unspecified atom stereocenters. The van der Waals surface area contributed by atoms with Crippen molar-refractivity contribution in [2.45, 2.75) is 128 Å². The van der Waals surface area contributed by atoms with Crippen molar-refractivity contribution in [3.05, 3.63) is 23.0 Å². The minimum absolute atomic E-state index is 0.0545. The van der Waals surface area contributed by atoms with Gasteiger partial charge in [0.1, 0.15) is 12.2 Å². The molecule has 1 spiro atoms. The molecular weight excluding hydrogens is 541 g/mol. The summed E-state index contributed by atoms with van der Waals surface area (Å²) in [4.78, 5) is 0. The predicted octanol–water partition coefficient (Wildman–Crippen LogP) is 4.83. The van der Waals surface area contributed by atoms with Crippen LogP contribution >= 0.6 is 0 Å². The number of rotatable bonds is 9. The summed E-state index contributed by atoms with van der Waals surface area (Å²) in [5.41, 5.74) is 5.82. The number of hydrogen-bond acceptors (Lipinski definition) is 9. The third-order valence-corrected chi connectivity index (χ3v) is 18.7. The monoisotopic (exact) mass is 588 g/mol. The molecule has 13 heteroatoms. The molecule has 3 heterocycles. The maximum Gasteiger partial charge on any atom is 0.292 e. The van der Waals surface area contributed by atoms with E-state index >= 15 is 0 Å². The lowest BCUT2D eigenvalue weighted by Gasteiger charge is -2.43. The van der Waals surface area contributed by atoms with Crippen LogP contribution in [0.5, 0.6) is 0 Å². The van der Waals surface area contributed by atoms with Gasteiger partial charge in [-0.15, -0.1) is 5.10 Å². The molecule has 4 atom stereocenters. The van der Waals surface area contributed by atoms with Gasteiger partial charge in [-0.1, -0.05) is 60.1 Å². The van der Waals surface area contributed by atoms with Crippen LogP contribution in [0.25, 0.3) is 0 Å². The Bertz CT molecular complexity index is 1140. The van der Waals surface area contributed by atoms with Crippen molar-refractivity contribution < 1.29 is 26.2 Å². The topological polar surface area (TPSA) is 128 Å². The van der Waals surface area contributed by atoms with E-state index < -0.39 is 50.8 Å². The molecule has 1 fully saturated rings. The van der Waals surface area contributed by atoms with E-state index in [0.29, 0.717) is 0 Å². The molecule has 0 saturated carbocycles. The summed E-state index contributed by atoms with van der Waals surface area (Å²) in [6, 6.07) is 0. The smallest absolute Gasteiger partial charge is 0.292 e. The standard InChI is InChI=1S/C25H48N4O6SSi2/c1-12-13-14-18-15-29(28-27-18)22-21(34-38(10,11)24(5,6)7)25(19(26)17-36(30,31)35-25)20(33-22)16-32-37(8,9)23(2,3)4/h15,17,20-22H,12-14,16,26H2,1-11H3. The molecule has 1 aromatic rings. The number of aryl methyl sites for hydroxylation is 1. The van der Waals surface area contributed by atoms with E-state index in [2.05, 4.69) is 85.0 Å². The first kappa shape index (κ1) is 31.4. The van der Waals surface area contributed by atoms with Crippen LogP contribution in [0, 0.1) is 0 Å². The Hall–Kier alpha value is -1.10. The van der Waals surface area contributed by atoms with E-state index in [0.717, 1.165) is 30.4 Å². The highest BCUT2D eigenvalue weighted by Crippen LogP contribution is 2.52. The quantitative estimate of drug-likeness (QED) is 0.319. The van der Waals surface area contributed by atoms with Gasteiger partial charge in [0, 0.05) is 0 Å². The fraction of sp³-hybridized carbons (Fsp3) is 0.840. The highest BCUT2D eigenvalue weighted by molar-refractivity contribution is 7.90. The fourth-order valence-electron chi connectivity index (χ4n) is 4.11. The summed E-state index contributed by atoms with van der Waals surface area (Å²) in [6.07, 6.45) is 2.12. The van der Waals surface area contributed by atoms with Gasteiger partial charge >= 0.3 is 0 Å². The number of nitrogens with zero attached hydrogens (tertiary/aromatic N) is 3. The van der Waals surface area contributed by atoms with Crippen molar-refractivity contribution in [3.8, 4) is 0 Å². The second kappa shape index (κ2) is 10.4. The summed E-state index contributed by atoms with van der Waals surface area (Å²) in [6.45, 7) is 23.5. The van der Waals surface area contributed by atoms with E-state index in [1.54, 1.807) is 4.68 Å². The molecular formula is C25H48N4O6SSi2. The minimum atomic E-state index is -4.06. The van der Waals surface area contributed by atoms with Crippen LogP contribution in [0.4, 0.5) is 0 Å². The Morgan fingerprint density at radius 1 is 1.11 bits per heavy atom. The number of nitrogens with two attached hydrogens (primary N) is 1. The molecule has 218 valence electrons. The van der Waals surface area contributed by atoms with Crippen LogP contribution in [-0.4, -0.2) is 64.5 Å². The molecule has 0 radical (unpaired) electrons. The van der Waals surface area contributed by atoms with Gasteiger partial charge in [-0.05, 0) is 49.1 Å². The van der Waals surface area contributed by atoms with Gasteiger partial charge in [-0.3, -0.25) is 0 Å². The fourth-order valence-corrected chi connectivity index (χ4v) is 7.62. The second-order valence-corrected chi connectivity index (χ2v) is 24.6. The lowest BCUT2D eigenvalue weighted by Crippen LogP contribution is -2.59.